The lowest BCUT2D eigenvalue weighted by Crippen LogP contribution is -2.46. The molecule has 15 heavy (non-hydrogen) atoms. The summed E-state index contributed by atoms with van der Waals surface area (Å²) in [4.78, 5) is 13.5. The molecule has 0 aromatic heterocycles. The van der Waals surface area contributed by atoms with E-state index in [9.17, 15) is 4.79 Å². The Hall–Kier alpha value is -1.15. The fourth-order valence-electron chi connectivity index (χ4n) is 3.02. The van der Waals surface area contributed by atoms with E-state index in [1.807, 2.05) is 6.07 Å². The summed E-state index contributed by atoms with van der Waals surface area (Å²) < 4.78 is 0. The first-order chi connectivity index (χ1) is 7.32. The molecule has 2 nitrogen and oxygen atoms in total. The molecule has 0 N–H and O–H groups in total. The summed E-state index contributed by atoms with van der Waals surface area (Å²) >= 11 is 0. The number of benzene rings is 1. The van der Waals surface area contributed by atoms with Crippen molar-refractivity contribution in [2.45, 2.75) is 24.9 Å². The maximum Gasteiger partial charge on any atom is 0.140 e. The smallest absolute Gasteiger partial charge is 0.140 e. The lowest BCUT2D eigenvalue weighted by Gasteiger charge is -2.37. The van der Waals surface area contributed by atoms with Crippen LogP contribution < -0.4 is 0 Å². The third-order valence-electron chi connectivity index (χ3n) is 3.83. The third kappa shape index (κ3) is 1.32. The van der Waals surface area contributed by atoms with Crippen molar-refractivity contribution in [2.75, 3.05) is 6.54 Å². The van der Waals surface area contributed by atoms with Gasteiger partial charge in [0, 0.05) is 13.1 Å². The number of fused-ring (bicyclic) bond motifs is 1. The highest BCUT2D eigenvalue weighted by atomic mass is 16.1. The Balaban J connectivity index is 1.77. The van der Waals surface area contributed by atoms with Gasteiger partial charge in [0.05, 0.1) is 5.54 Å². The number of carbonyl (C=O) groups is 1. The van der Waals surface area contributed by atoms with Crippen molar-refractivity contribution >= 4 is 6.29 Å². The van der Waals surface area contributed by atoms with Crippen molar-refractivity contribution in [3.8, 4) is 0 Å². The van der Waals surface area contributed by atoms with Crippen molar-refractivity contribution < 1.29 is 4.79 Å². The molecular formula is C13H15NO. The van der Waals surface area contributed by atoms with Crippen LogP contribution in [-0.4, -0.2) is 23.3 Å². The van der Waals surface area contributed by atoms with Crippen LogP contribution in [-0.2, 0) is 11.3 Å². The van der Waals surface area contributed by atoms with E-state index in [2.05, 4.69) is 29.2 Å². The molecule has 1 aromatic carbocycles. The van der Waals surface area contributed by atoms with E-state index in [0.717, 1.165) is 31.8 Å². The highest BCUT2D eigenvalue weighted by Gasteiger charge is 2.55. The molecule has 4 rings (SSSR count). The summed E-state index contributed by atoms with van der Waals surface area (Å²) in [5.41, 5.74) is 1.21. The molecule has 0 amide bonds. The summed E-state index contributed by atoms with van der Waals surface area (Å²) in [7, 11) is 0. The summed E-state index contributed by atoms with van der Waals surface area (Å²) in [5, 5.41) is 0. The molecule has 1 saturated carbocycles. The van der Waals surface area contributed by atoms with Crippen LogP contribution in [0.2, 0.25) is 0 Å². The Morgan fingerprint density at radius 1 is 1.33 bits per heavy atom. The molecule has 0 atom stereocenters. The van der Waals surface area contributed by atoms with Gasteiger partial charge in [-0.25, -0.2) is 0 Å². The highest BCUT2D eigenvalue weighted by Crippen LogP contribution is 2.49. The van der Waals surface area contributed by atoms with E-state index in [1.165, 1.54) is 11.8 Å². The van der Waals surface area contributed by atoms with Gasteiger partial charge in [0.25, 0.3) is 0 Å². The van der Waals surface area contributed by atoms with Gasteiger partial charge in [-0.15, -0.1) is 0 Å². The fourth-order valence-corrected chi connectivity index (χ4v) is 3.02. The van der Waals surface area contributed by atoms with Gasteiger partial charge in [-0.2, -0.15) is 0 Å². The van der Waals surface area contributed by atoms with E-state index in [-0.39, 0.29) is 5.54 Å². The van der Waals surface area contributed by atoms with Crippen LogP contribution in [0.15, 0.2) is 30.3 Å². The zero-order valence-corrected chi connectivity index (χ0v) is 8.73. The first-order valence-corrected chi connectivity index (χ1v) is 5.58. The van der Waals surface area contributed by atoms with Crippen LogP contribution in [0.5, 0.6) is 0 Å². The normalized spacial score (nSPS) is 33.7. The quantitative estimate of drug-likeness (QED) is 0.696. The van der Waals surface area contributed by atoms with Gasteiger partial charge in [-0.3, -0.25) is 4.90 Å². The first-order valence-electron chi connectivity index (χ1n) is 5.58. The Labute approximate surface area is 89.9 Å². The van der Waals surface area contributed by atoms with Crippen molar-refractivity contribution in [3.05, 3.63) is 35.9 Å². The van der Waals surface area contributed by atoms with Crippen LogP contribution in [0.1, 0.15) is 18.4 Å². The third-order valence-corrected chi connectivity index (χ3v) is 3.83. The molecule has 78 valence electrons. The molecule has 0 spiro atoms. The number of carbonyl (C=O) groups excluding carboxylic acids is 1. The van der Waals surface area contributed by atoms with Crippen LogP contribution in [0.3, 0.4) is 0 Å². The van der Waals surface area contributed by atoms with Crippen molar-refractivity contribution in [3.63, 3.8) is 0 Å². The van der Waals surface area contributed by atoms with Gasteiger partial charge in [0.1, 0.15) is 6.29 Å². The lowest BCUT2D eigenvalue weighted by molar-refractivity contribution is -0.119. The minimum Gasteiger partial charge on any atom is -0.301 e. The average molecular weight is 201 g/mol. The Morgan fingerprint density at radius 3 is 2.73 bits per heavy atom. The molecule has 2 bridgehead atoms. The SMILES string of the molecule is O=CC12CC(CN1Cc1ccccc1)C2. The average Bonchev–Trinajstić information content (AvgIpc) is 2.72. The minimum atomic E-state index is -0.0967. The van der Waals surface area contributed by atoms with Gasteiger partial charge in [-0.05, 0) is 24.3 Å². The lowest BCUT2D eigenvalue weighted by atomic mass is 9.74. The van der Waals surface area contributed by atoms with E-state index in [4.69, 9.17) is 0 Å². The minimum absolute atomic E-state index is 0.0967. The second-order valence-electron chi connectivity index (χ2n) is 4.86. The predicted molar refractivity (Wildman–Crippen MR) is 58.4 cm³/mol. The van der Waals surface area contributed by atoms with E-state index in [1.54, 1.807) is 0 Å². The van der Waals surface area contributed by atoms with Gasteiger partial charge in [0.2, 0.25) is 0 Å². The van der Waals surface area contributed by atoms with Crippen LogP contribution in [0.25, 0.3) is 0 Å². The molecule has 3 fully saturated rings. The number of rotatable bonds is 3. The van der Waals surface area contributed by atoms with Crippen molar-refractivity contribution in [1.29, 1.82) is 0 Å². The number of hydrogen-bond donors (Lipinski definition) is 0. The Kier molecular flexibility index (Phi) is 1.93. The molecule has 2 heterocycles. The van der Waals surface area contributed by atoms with Gasteiger partial charge < -0.3 is 4.79 Å². The maximum absolute atomic E-state index is 11.1. The Morgan fingerprint density at radius 2 is 2.07 bits per heavy atom. The zero-order chi connectivity index (χ0) is 10.3. The van der Waals surface area contributed by atoms with Gasteiger partial charge >= 0.3 is 0 Å². The maximum atomic E-state index is 11.1. The molecule has 2 saturated heterocycles. The standard InChI is InChI=1S/C13H15NO/c15-10-13-6-12(7-13)9-14(13)8-11-4-2-1-3-5-11/h1-5,10,12H,6-9H2. The monoisotopic (exact) mass is 201 g/mol. The van der Waals surface area contributed by atoms with Crippen LogP contribution in [0, 0.1) is 5.92 Å². The zero-order valence-electron chi connectivity index (χ0n) is 8.73. The molecule has 2 aliphatic heterocycles. The van der Waals surface area contributed by atoms with E-state index in [0.29, 0.717) is 0 Å². The topological polar surface area (TPSA) is 20.3 Å². The highest BCUT2D eigenvalue weighted by molar-refractivity contribution is 5.67. The number of hydrogen-bond acceptors (Lipinski definition) is 2. The fraction of sp³-hybridized carbons (Fsp3) is 0.462. The molecular weight excluding hydrogens is 186 g/mol. The van der Waals surface area contributed by atoms with E-state index >= 15 is 0 Å². The first kappa shape index (κ1) is 9.10. The second-order valence-corrected chi connectivity index (χ2v) is 4.86. The van der Waals surface area contributed by atoms with Gasteiger partial charge in [0.15, 0.2) is 0 Å². The van der Waals surface area contributed by atoms with Crippen LogP contribution >= 0.6 is 0 Å². The largest absolute Gasteiger partial charge is 0.301 e. The second kappa shape index (κ2) is 3.17. The predicted octanol–water partition coefficient (Wildman–Crippen LogP) is 1.85. The van der Waals surface area contributed by atoms with Crippen molar-refractivity contribution in [1.82, 2.24) is 4.90 Å². The molecule has 1 aromatic rings. The molecule has 1 aliphatic carbocycles. The molecule has 0 radical (unpaired) electrons. The molecule has 3 aliphatic rings. The van der Waals surface area contributed by atoms with Crippen LogP contribution in [0.4, 0.5) is 0 Å². The number of nitrogens with zero attached hydrogens (tertiary/aromatic N) is 1. The molecule has 2 heteroatoms. The summed E-state index contributed by atoms with van der Waals surface area (Å²) in [6, 6.07) is 10.4. The van der Waals surface area contributed by atoms with Gasteiger partial charge in [-0.1, -0.05) is 30.3 Å². The summed E-state index contributed by atoms with van der Waals surface area (Å²) in [6.45, 7) is 2.03. The summed E-state index contributed by atoms with van der Waals surface area (Å²) in [5.74, 6) is 0.777. The summed E-state index contributed by atoms with van der Waals surface area (Å²) in [6.07, 6.45) is 3.34. The Bertz CT molecular complexity index is 367. The molecule has 0 unspecified atom stereocenters. The number of aldehydes is 1. The van der Waals surface area contributed by atoms with E-state index < -0.39 is 0 Å². The van der Waals surface area contributed by atoms with Crippen molar-refractivity contribution in [2.24, 2.45) is 5.92 Å².